The second-order valence-electron chi connectivity index (χ2n) is 9.93. The molecule has 1 aliphatic carbocycles. The topological polar surface area (TPSA) is 81.7 Å². The van der Waals surface area contributed by atoms with Crippen LogP contribution in [0, 0.1) is 5.92 Å². The van der Waals surface area contributed by atoms with Gasteiger partial charge in [-0.1, -0.05) is 6.07 Å². The molecule has 1 saturated carbocycles. The Hall–Kier alpha value is -2.90. The van der Waals surface area contributed by atoms with E-state index in [1.807, 2.05) is 41.4 Å². The molecule has 0 radical (unpaired) electrons. The lowest BCUT2D eigenvalue weighted by atomic mass is 9.68. The molecule has 6 rings (SSSR count). The van der Waals surface area contributed by atoms with Crippen molar-refractivity contribution in [2.75, 3.05) is 33.4 Å². The van der Waals surface area contributed by atoms with Crippen LogP contribution in [0.25, 0.3) is 10.9 Å². The zero-order valence-electron chi connectivity index (χ0n) is 19.0. The minimum absolute atomic E-state index is 0.0181. The van der Waals surface area contributed by atoms with Crippen molar-refractivity contribution >= 4 is 16.8 Å². The van der Waals surface area contributed by atoms with E-state index in [0.29, 0.717) is 18.9 Å². The number of nitrogens with one attached hydrogen (secondary N) is 1. The van der Waals surface area contributed by atoms with Gasteiger partial charge >= 0.3 is 0 Å². The summed E-state index contributed by atoms with van der Waals surface area (Å²) in [7, 11) is 1.67. The highest BCUT2D eigenvalue weighted by Crippen LogP contribution is 2.49. The van der Waals surface area contributed by atoms with Crippen molar-refractivity contribution in [3.63, 3.8) is 0 Å². The van der Waals surface area contributed by atoms with Crippen LogP contribution in [-0.4, -0.2) is 64.1 Å². The molecule has 0 bridgehead atoms. The monoisotopic (exact) mass is 446 g/mol. The van der Waals surface area contributed by atoms with Gasteiger partial charge in [-0.2, -0.15) is 0 Å². The quantitative estimate of drug-likeness (QED) is 0.608. The van der Waals surface area contributed by atoms with Gasteiger partial charge in [0.2, 0.25) is 5.91 Å². The number of carbonyl (C=O) groups excluding carboxylic acids is 1. The predicted molar refractivity (Wildman–Crippen MR) is 125 cm³/mol. The first-order chi connectivity index (χ1) is 16.1. The van der Waals surface area contributed by atoms with Crippen LogP contribution < -0.4 is 4.74 Å². The second-order valence-corrected chi connectivity index (χ2v) is 9.93. The van der Waals surface area contributed by atoms with Crippen molar-refractivity contribution in [1.29, 1.82) is 0 Å². The highest BCUT2D eigenvalue weighted by molar-refractivity contribution is 5.89. The van der Waals surface area contributed by atoms with Gasteiger partial charge in [0.1, 0.15) is 5.75 Å². The third-order valence-electron chi connectivity index (χ3n) is 7.61. The van der Waals surface area contributed by atoms with E-state index in [0.717, 1.165) is 47.7 Å². The standard InChI is InChI=1S/C26H30N4O3/c1-33-19-7-8-20-21(11-19)28-25-22(13-31)29(12-18-4-2-3-9-27-18)14-26(24(20)25)15-30(16-26)23(32)10-17-5-6-17/h2-4,7-9,11,17,22,28,31H,5-6,10,12-16H2,1H3/t22-/m1/s1. The van der Waals surface area contributed by atoms with Crippen molar-refractivity contribution in [3.05, 3.63) is 59.5 Å². The molecule has 0 unspecified atom stereocenters. The molecule has 2 N–H and O–H groups in total. The molecule has 3 aliphatic rings. The number of aromatic amines is 1. The van der Waals surface area contributed by atoms with E-state index in [1.54, 1.807) is 7.11 Å². The number of methoxy groups -OCH3 is 1. The van der Waals surface area contributed by atoms with E-state index in [9.17, 15) is 9.90 Å². The first-order valence-corrected chi connectivity index (χ1v) is 11.8. The number of benzene rings is 1. The summed E-state index contributed by atoms with van der Waals surface area (Å²) in [6.45, 7) is 2.91. The van der Waals surface area contributed by atoms with E-state index in [2.05, 4.69) is 20.9 Å². The third-order valence-corrected chi connectivity index (χ3v) is 7.61. The van der Waals surface area contributed by atoms with Crippen LogP contribution >= 0.6 is 0 Å². The van der Waals surface area contributed by atoms with E-state index in [4.69, 9.17) is 4.74 Å². The average molecular weight is 447 g/mol. The highest BCUT2D eigenvalue weighted by atomic mass is 16.5. The highest BCUT2D eigenvalue weighted by Gasteiger charge is 2.54. The molecular weight excluding hydrogens is 416 g/mol. The number of pyridine rings is 1. The van der Waals surface area contributed by atoms with Crippen molar-refractivity contribution in [3.8, 4) is 5.75 Å². The van der Waals surface area contributed by atoms with Crippen LogP contribution in [0.5, 0.6) is 5.75 Å². The van der Waals surface area contributed by atoms with Crippen LogP contribution in [0.4, 0.5) is 0 Å². The Labute approximate surface area is 193 Å². The Morgan fingerprint density at radius 3 is 2.79 bits per heavy atom. The minimum atomic E-state index is -0.151. The maximum atomic E-state index is 12.8. The maximum Gasteiger partial charge on any atom is 0.222 e. The van der Waals surface area contributed by atoms with E-state index in [-0.39, 0.29) is 24.0 Å². The van der Waals surface area contributed by atoms with Crippen molar-refractivity contribution in [2.24, 2.45) is 5.92 Å². The lowest BCUT2D eigenvalue weighted by Gasteiger charge is -2.56. The third kappa shape index (κ3) is 3.50. The summed E-state index contributed by atoms with van der Waals surface area (Å²) >= 11 is 0. The molecule has 1 spiro atoms. The SMILES string of the molecule is COc1ccc2c3c([nH]c2c1)[C@@H](CO)N(Cc1ccccn1)CC31CN(C(=O)CC2CC2)C1. The number of rotatable bonds is 6. The second kappa shape index (κ2) is 7.85. The smallest absolute Gasteiger partial charge is 0.222 e. The van der Waals surface area contributed by atoms with Crippen LogP contribution in [-0.2, 0) is 16.8 Å². The molecule has 2 aromatic heterocycles. The Morgan fingerprint density at radius 2 is 2.09 bits per heavy atom. The van der Waals surface area contributed by atoms with Crippen LogP contribution in [0.15, 0.2) is 42.6 Å². The molecule has 7 nitrogen and oxygen atoms in total. The summed E-state index contributed by atoms with van der Waals surface area (Å²) in [6.07, 6.45) is 4.88. The maximum absolute atomic E-state index is 12.8. The Bertz CT molecular complexity index is 1180. The molecule has 1 aromatic carbocycles. The molecule has 1 atom stereocenters. The fraction of sp³-hybridized carbons (Fsp3) is 0.462. The molecule has 4 heterocycles. The predicted octanol–water partition coefficient (Wildman–Crippen LogP) is 3.00. The largest absolute Gasteiger partial charge is 0.497 e. The summed E-state index contributed by atoms with van der Waals surface area (Å²) in [4.78, 5) is 25.3. The Morgan fingerprint density at radius 1 is 1.24 bits per heavy atom. The zero-order valence-corrected chi connectivity index (χ0v) is 19.0. The normalized spacial score (nSPS) is 21.8. The molecule has 1 saturated heterocycles. The first-order valence-electron chi connectivity index (χ1n) is 11.8. The molecule has 2 fully saturated rings. The summed E-state index contributed by atoms with van der Waals surface area (Å²) in [5, 5.41) is 11.6. The number of H-pyrrole nitrogens is 1. The fourth-order valence-corrected chi connectivity index (χ4v) is 5.80. The number of hydrogen-bond acceptors (Lipinski definition) is 5. The average Bonchev–Trinajstić information content (AvgIpc) is 3.54. The number of nitrogens with zero attached hydrogens (tertiary/aromatic N) is 3. The zero-order chi connectivity index (χ0) is 22.6. The molecule has 172 valence electrons. The van der Waals surface area contributed by atoms with Crippen LogP contribution in [0.3, 0.4) is 0 Å². The molecule has 1 amide bonds. The lowest BCUT2D eigenvalue weighted by Crippen LogP contribution is -2.67. The first kappa shape index (κ1) is 20.7. The van der Waals surface area contributed by atoms with E-state index < -0.39 is 0 Å². The number of ether oxygens (including phenoxy) is 1. The van der Waals surface area contributed by atoms with Gasteiger partial charge in [0.25, 0.3) is 0 Å². The van der Waals surface area contributed by atoms with Gasteiger partial charge in [-0.25, -0.2) is 0 Å². The van der Waals surface area contributed by atoms with Gasteiger partial charge in [-0.3, -0.25) is 14.7 Å². The molecule has 7 heteroatoms. The van der Waals surface area contributed by atoms with Gasteiger partial charge in [-0.05, 0) is 48.6 Å². The van der Waals surface area contributed by atoms with E-state index in [1.165, 1.54) is 18.4 Å². The Balaban J connectivity index is 1.39. The summed E-state index contributed by atoms with van der Waals surface area (Å²) in [6, 6.07) is 11.9. The Kier molecular flexibility index (Phi) is 4.92. The summed E-state index contributed by atoms with van der Waals surface area (Å²) < 4.78 is 5.45. The molecule has 33 heavy (non-hydrogen) atoms. The summed E-state index contributed by atoms with van der Waals surface area (Å²) in [5.41, 5.74) is 4.15. The number of fused-ring (bicyclic) bond motifs is 4. The minimum Gasteiger partial charge on any atom is -0.497 e. The fourth-order valence-electron chi connectivity index (χ4n) is 5.80. The molecule has 2 aliphatic heterocycles. The summed E-state index contributed by atoms with van der Waals surface area (Å²) in [5.74, 6) is 1.68. The number of aliphatic hydroxyl groups is 1. The number of aliphatic hydroxyl groups excluding tert-OH is 1. The molecule has 3 aromatic rings. The van der Waals surface area contributed by atoms with Gasteiger partial charge in [-0.15, -0.1) is 0 Å². The van der Waals surface area contributed by atoms with Gasteiger partial charge in [0.15, 0.2) is 0 Å². The number of carbonyl (C=O) groups is 1. The number of hydrogen-bond donors (Lipinski definition) is 2. The van der Waals surface area contributed by atoms with Crippen molar-refractivity contribution < 1.29 is 14.6 Å². The van der Waals surface area contributed by atoms with Crippen LogP contribution in [0.2, 0.25) is 0 Å². The lowest BCUT2D eigenvalue weighted by molar-refractivity contribution is -0.141. The molecular formula is C26H30N4O3. The van der Waals surface area contributed by atoms with Crippen LogP contribution in [0.1, 0.15) is 42.3 Å². The van der Waals surface area contributed by atoms with Crippen molar-refractivity contribution in [2.45, 2.75) is 37.3 Å². The van der Waals surface area contributed by atoms with Gasteiger partial charge < -0.3 is 19.7 Å². The van der Waals surface area contributed by atoms with Gasteiger partial charge in [0.05, 0.1) is 25.5 Å². The van der Waals surface area contributed by atoms with Crippen molar-refractivity contribution in [1.82, 2.24) is 19.8 Å². The van der Waals surface area contributed by atoms with Gasteiger partial charge in [0, 0.05) is 66.9 Å². The number of likely N-dealkylation sites (tertiary alicyclic amines) is 1. The number of aromatic nitrogens is 2. The van der Waals surface area contributed by atoms with E-state index >= 15 is 0 Å². The number of amides is 1.